The average Bonchev–Trinajstić information content (AvgIpc) is 3.29. The number of benzene rings is 1. The highest BCUT2D eigenvalue weighted by molar-refractivity contribution is 6.74. The number of halogens is 1. The minimum Gasteiger partial charge on any atom is -0.563 e. The van der Waals surface area contributed by atoms with Crippen LogP contribution in [-0.4, -0.2) is 82.6 Å². The number of phenols is 1. The number of hydrogen-bond donors (Lipinski definition) is 1. The molecule has 3 aromatic rings. The van der Waals surface area contributed by atoms with Gasteiger partial charge in [0.1, 0.15) is 28.6 Å². The molecule has 0 fully saturated rings. The Morgan fingerprint density at radius 2 is 1.53 bits per heavy atom. The van der Waals surface area contributed by atoms with E-state index in [1.54, 1.807) is 53.8 Å². The third-order valence-corrected chi connectivity index (χ3v) is 11.9. The number of fused-ring (bicyclic) bond motifs is 1. The predicted octanol–water partition coefficient (Wildman–Crippen LogP) is 7.24. The molecule has 0 aliphatic heterocycles. The van der Waals surface area contributed by atoms with E-state index < -0.39 is 37.5 Å². The van der Waals surface area contributed by atoms with Gasteiger partial charge in [-0.25, -0.2) is 23.5 Å². The number of aromatic hydroxyl groups is 1. The van der Waals surface area contributed by atoms with Crippen molar-refractivity contribution < 1.29 is 33.0 Å². The SMILES string of the molecule is CC(C)(C)OC(=O)N(CCO[Si-](C)(C)C(C)(C)C)CCN(C(=O)OC(C)(C)C)c1ccn2ncc(-c3cc(O)ccc3F)c2n1. The molecule has 11 nitrogen and oxygen atoms in total. The minimum absolute atomic E-state index is 0.00446. The molecule has 2 heterocycles. The molecule has 2 amide bonds. The zero-order valence-corrected chi connectivity index (χ0v) is 29.4. The molecule has 0 unspecified atom stereocenters. The van der Waals surface area contributed by atoms with Crippen LogP contribution in [0.25, 0.3) is 16.8 Å². The zero-order chi connectivity index (χ0) is 34.0. The van der Waals surface area contributed by atoms with Crippen LogP contribution in [0.4, 0.5) is 19.8 Å². The molecule has 0 saturated heterocycles. The summed E-state index contributed by atoms with van der Waals surface area (Å²) in [5, 5.41) is 14.2. The minimum atomic E-state index is -2.08. The van der Waals surface area contributed by atoms with E-state index in [-0.39, 0.29) is 47.5 Å². The van der Waals surface area contributed by atoms with Crippen LogP contribution in [0.15, 0.2) is 36.7 Å². The van der Waals surface area contributed by atoms with E-state index in [1.807, 2.05) is 0 Å². The summed E-state index contributed by atoms with van der Waals surface area (Å²) < 4.78 is 33.9. The van der Waals surface area contributed by atoms with Gasteiger partial charge in [-0.3, -0.25) is 4.90 Å². The van der Waals surface area contributed by atoms with Gasteiger partial charge >= 0.3 is 12.2 Å². The van der Waals surface area contributed by atoms with Crippen LogP contribution in [0.1, 0.15) is 62.3 Å². The van der Waals surface area contributed by atoms with Gasteiger partial charge in [0, 0.05) is 43.6 Å². The van der Waals surface area contributed by atoms with Crippen LogP contribution in [0.3, 0.4) is 0 Å². The van der Waals surface area contributed by atoms with Crippen molar-refractivity contribution in [2.24, 2.45) is 0 Å². The van der Waals surface area contributed by atoms with Crippen molar-refractivity contribution in [2.45, 2.75) is 91.6 Å². The second kappa shape index (κ2) is 13.3. The molecule has 0 aliphatic carbocycles. The van der Waals surface area contributed by atoms with E-state index in [0.717, 1.165) is 6.07 Å². The fourth-order valence-corrected chi connectivity index (χ4v) is 5.04. The van der Waals surface area contributed by atoms with Crippen molar-refractivity contribution in [3.8, 4) is 16.9 Å². The lowest BCUT2D eigenvalue weighted by atomic mass is 10.1. The quantitative estimate of drug-likeness (QED) is 0.242. The normalized spacial score (nSPS) is 12.7. The Bertz CT molecular complexity index is 1510. The largest absolute Gasteiger partial charge is 0.563 e. The van der Waals surface area contributed by atoms with Gasteiger partial charge in [-0.05, 0) is 74.1 Å². The highest BCUT2D eigenvalue weighted by Crippen LogP contribution is 2.36. The van der Waals surface area contributed by atoms with Gasteiger partial charge in [0.15, 0.2) is 5.65 Å². The van der Waals surface area contributed by atoms with Gasteiger partial charge in [-0.2, -0.15) is 5.10 Å². The number of amides is 2. The van der Waals surface area contributed by atoms with Gasteiger partial charge in [0.2, 0.25) is 0 Å². The van der Waals surface area contributed by atoms with Crippen LogP contribution in [0.2, 0.25) is 18.1 Å². The molecular weight excluding hydrogens is 597 g/mol. The molecule has 0 radical (unpaired) electrons. The van der Waals surface area contributed by atoms with E-state index in [0.29, 0.717) is 12.2 Å². The fourth-order valence-electron chi connectivity index (χ4n) is 4.00. The van der Waals surface area contributed by atoms with E-state index in [4.69, 9.17) is 13.9 Å². The summed E-state index contributed by atoms with van der Waals surface area (Å²) in [4.78, 5) is 34.4. The van der Waals surface area contributed by atoms with Crippen LogP contribution in [0, 0.1) is 5.82 Å². The number of anilines is 1. The molecule has 0 atom stereocenters. The van der Waals surface area contributed by atoms with Crippen LogP contribution >= 0.6 is 0 Å². The van der Waals surface area contributed by atoms with Crippen molar-refractivity contribution in [3.63, 3.8) is 0 Å². The van der Waals surface area contributed by atoms with Crippen LogP contribution in [-0.2, 0) is 13.9 Å². The first kappa shape index (κ1) is 35.8. The third kappa shape index (κ3) is 9.64. The van der Waals surface area contributed by atoms with Crippen molar-refractivity contribution in [3.05, 3.63) is 42.5 Å². The first-order valence-corrected chi connectivity index (χ1v) is 17.9. The molecule has 3 rings (SSSR count). The summed E-state index contributed by atoms with van der Waals surface area (Å²) in [5.41, 5.74) is -0.846. The number of carbonyl (C=O) groups excluding carboxylic acids is 2. The van der Waals surface area contributed by atoms with Crippen LogP contribution < -0.4 is 4.90 Å². The molecule has 0 saturated carbocycles. The lowest BCUT2D eigenvalue weighted by molar-refractivity contribution is 0.0221. The molecule has 45 heavy (non-hydrogen) atoms. The average molecular weight is 646 g/mol. The maximum Gasteiger partial charge on any atom is 0.416 e. The van der Waals surface area contributed by atoms with Gasteiger partial charge in [0.25, 0.3) is 0 Å². The second-order valence-corrected chi connectivity index (χ2v) is 19.3. The van der Waals surface area contributed by atoms with Gasteiger partial charge in [0.05, 0.1) is 6.20 Å². The summed E-state index contributed by atoms with van der Waals surface area (Å²) in [7, 11) is -2.08. The Labute approximate surface area is 266 Å². The number of phenolic OH excluding ortho intramolecular Hbond substituents is 1. The molecular formula is C32H48FN5O6Si-. The number of rotatable bonds is 9. The van der Waals surface area contributed by atoms with Gasteiger partial charge in [-0.15, -0.1) is 18.1 Å². The molecule has 0 bridgehead atoms. The van der Waals surface area contributed by atoms with Crippen molar-refractivity contribution >= 4 is 32.0 Å². The molecule has 1 aromatic carbocycles. The second-order valence-electron chi connectivity index (χ2n) is 14.5. The van der Waals surface area contributed by atoms with Crippen molar-refractivity contribution in [1.82, 2.24) is 19.5 Å². The summed E-state index contributed by atoms with van der Waals surface area (Å²) in [6.45, 7) is 22.0. The topological polar surface area (TPSA) is 119 Å². The summed E-state index contributed by atoms with van der Waals surface area (Å²) in [5.74, 6) is -0.468. The fraction of sp³-hybridized carbons (Fsp3) is 0.562. The maximum absolute atomic E-state index is 14.8. The van der Waals surface area contributed by atoms with Crippen molar-refractivity contribution in [2.75, 3.05) is 31.1 Å². The monoisotopic (exact) mass is 645 g/mol. The Morgan fingerprint density at radius 1 is 0.911 bits per heavy atom. The Morgan fingerprint density at radius 3 is 2.13 bits per heavy atom. The van der Waals surface area contributed by atoms with Crippen LogP contribution in [0.5, 0.6) is 5.75 Å². The summed E-state index contributed by atoms with van der Waals surface area (Å²) >= 11 is 0. The Kier molecular flexibility index (Phi) is 10.6. The van der Waals surface area contributed by atoms with E-state index in [9.17, 15) is 19.1 Å². The highest BCUT2D eigenvalue weighted by Gasteiger charge is 2.29. The lowest BCUT2D eigenvalue weighted by Gasteiger charge is -2.48. The number of aromatic nitrogens is 3. The number of carbonyl (C=O) groups is 2. The van der Waals surface area contributed by atoms with Gasteiger partial charge < -0.3 is 23.9 Å². The standard InChI is InChI=1S/C32H48FN5O6Si/c1-30(2,3)43-28(40)36(18-19-42-45(10,11)32(7,8)9)16-17-37(29(41)44-31(4,5)6)26-14-15-38-27(35-26)24(21-34-38)23-20-22(39)12-13-25(23)33/h12-15,20-21,39H,16-19H2,1-11H3/q-1. The van der Waals surface area contributed by atoms with E-state index >= 15 is 0 Å². The molecule has 249 valence electrons. The predicted molar refractivity (Wildman–Crippen MR) is 175 cm³/mol. The molecule has 0 spiro atoms. The summed E-state index contributed by atoms with van der Waals surface area (Å²) in [6, 6.07) is 5.29. The van der Waals surface area contributed by atoms with Gasteiger partial charge in [-0.1, -0.05) is 20.8 Å². The van der Waals surface area contributed by atoms with E-state index in [1.165, 1.54) is 32.6 Å². The summed E-state index contributed by atoms with van der Waals surface area (Å²) in [6.07, 6.45) is 1.82. The smallest absolute Gasteiger partial charge is 0.416 e. The number of hydrogen-bond acceptors (Lipinski definition) is 8. The maximum atomic E-state index is 14.8. The third-order valence-electron chi connectivity index (χ3n) is 7.36. The number of ether oxygens (including phenoxy) is 2. The van der Waals surface area contributed by atoms with Crippen molar-refractivity contribution in [1.29, 1.82) is 0 Å². The molecule has 0 aliphatic rings. The molecule has 2 aromatic heterocycles. The lowest BCUT2D eigenvalue weighted by Crippen LogP contribution is -2.47. The molecule has 1 N–H and O–H groups in total. The Hall–Kier alpha value is -3.71. The first-order valence-electron chi connectivity index (χ1n) is 15.0. The highest BCUT2D eigenvalue weighted by atomic mass is 28.4. The molecule has 13 heteroatoms. The first-order chi connectivity index (χ1) is 20.6. The van der Waals surface area contributed by atoms with E-state index in [2.05, 4.69) is 43.9 Å². The zero-order valence-electron chi connectivity index (χ0n) is 28.4. The number of nitrogens with zero attached hydrogens (tertiary/aromatic N) is 5. The Balaban J connectivity index is 1.97.